The smallest absolute Gasteiger partial charge is 0.329 e. The number of amides is 3. The van der Waals surface area contributed by atoms with Gasteiger partial charge in [-0.2, -0.15) is 0 Å². The standard InChI is InChI=1S/C13H15FN2O5/c14-10-3-1-2-9(6-10)4-5-15-13(20)16-11(17)7-21-8-12(18)19/h1-3,6H,4-5,7-8H2,(H,18,19)(H2,15,16,17,20). The number of nitrogens with one attached hydrogen (secondary N) is 2. The van der Waals surface area contributed by atoms with E-state index in [9.17, 15) is 18.8 Å². The van der Waals surface area contributed by atoms with Crippen LogP contribution in [0.5, 0.6) is 0 Å². The summed E-state index contributed by atoms with van der Waals surface area (Å²) >= 11 is 0. The molecule has 0 heterocycles. The average molecular weight is 298 g/mol. The van der Waals surface area contributed by atoms with Crippen molar-refractivity contribution in [2.24, 2.45) is 0 Å². The average Bonchev–Trinajstić information content (AvgIpc) is 2.38. The van der Waals surface area contributed by atoms with Crippen molar-refractivity contribution in [1.29, 1.82) is 0 Å². The zero-order chi connectivity index (χ0) is 15.7. The highest BCUT2D eigenvalue weighted by Gasteiger charge is 2.08. The van der Waals surface area contributed by atoms with Crippen molar-refractivity contribution in [1.82, 2.24) is 10.6 Å². The molecule has 0 bridgehead atoms. The highest BCUT2D eigenvalue weighted by Crippen LogP contribution is 2.03. The molecule has 0 aliphatic rings. The Morgan fingerprint density at radius 1 is 1.24 bits per heavy atom. The number of imide groups is 1. The summed E-state index contributed by atoms with van der Waals surface area (Å²) in [5, 5.41) is 12.7. The second-order valence-corrected chi connectivity index (χ2v) is 4.07. The number of carboxylic acid groups (broad SMARTS) is 1. The fourth-order valence-electron chi connectivity index (χ4n) is 1.45. The zero-order valence-corrected chi connectivity index (χ0v) is 11.1. The van der Waals surface area contributed by atoms with Gasteiger partial charge in [-0.15, -0.1) is 0 Å². The molecule has 0 atom stereocenters. The lowest BCUT2D eigenvalue weighted by Gasteiger charge is -2.07. The second kappa shape index (κ2) is 8.64. The first kappa shape index (κ1) is 16.6. The normalized spacial score (nSPS) is 9.95. The van der Waals surface area contributed by atoms with E-state index >= 15 is 0 Å². The van der Waals surface area contributed by atoms with Crippen LogP contribution in [0, 0.1) is 5.82 Å². The summed E-state index contributed by atoms with van der Waals surface area (Å²) in [5.74, 6) is -2.32. The van der Waals surface area contributed by atoms with E-state index in [0.29, 0.717) is 12.0 Å². The van der Waals surface area contributed by atoms with Gasteiger partial charge in [0.05, 0.1) is 0 Å². The predicted molar refractivity (Wildman–Crippen MR) is 70.1 cm³/mol. The molecule has 0 aliphatic heterocycles. The van der Waals surface area contributed by atoms with Gasteiger partial charge in [-0.3, -0.25) is 10.1 Å². The van der Waals surface area contributed by atoms with Crippen molar-refractivity contribution in [3.05, 3.63) is 35.6 Å². The Morgan fingerprint density at radius 2 is 2.00 bits per heavy atom. The van der Waals surface area contributed by atoms with Crippen LogP contribution in [-0.2, 0) is 20.7 Å². The number of benzene rings is 1. The van der Waals surface area contributed by atoms with Crippen LogP contribution in [0.3, 0.4) is 0 Å². The van der Waals surface area contributed by atoms with Gasteiger partial charge in [-0.05, 0) is 24.1 Å². The molecule has 0 unspecified atom stereocenters. The number of halogens is 1. The fraction of sp³-hybridized carbons (Fsp3) is 0.308. The molecular weight excluding hydrogens is 283 g/mol. The molecule has 3 N–H and O–H groups in total. The molecule has 0 saturated heterocycles. The molecule has 0 fully saturated rings. The molecule has 0 spiro atoms. The largest absolute Gasteiger partial charge is 0.480 e. The third kappa shape index (κ3) is 7.63. The summed E-state index contributed by atoms with van der Waals surface area (Å²) in [7, 11) is 0. The van der Waals surface area contributed by atoms with Crippen molar-refractivity contribution in [2.45, 2.75) is 6.42 Å². The van der Waals surface area contributed by atoms with Crippen LogP contribution in [0.15, 0.2) is 24.3 Å². The van der Waals surface area contributed by atoms with Crippen molar-refractivity contribution < 1.29 is 28.6 Å². The lowest BCUT2D eigenvalue weighted by Crippen LogP contribution is -2.42. The van der Waals surface area contributed by atoms with Crippen molar-refractivity contribution in [2.75, 3.05) is 19.8 Å². The van der Waals surface area contributed by atoms with Crippen molar-refractivity contribution in [3.63, 3.8) is 0 Å². The Morgan fingerprint density at radius 3 is 2.67 bits per heavy atom. The van der Waals surface area contributed by atoms with E-state index in [1.165, 1.54) is 12.1 Å². The first-order valence-corrected chi connectivity index (χ1v) is 6.09. The molecule has 21 heavy (non-hydrogen) atoms. The zero-order valence-electron chi connectivity index (χ0n) is 11.1. The van der Waals surface area contributed by atoms with Crippen LogP contribution >= 0.6 is 0 Å². The minimum absolute atomic E-state index is 0.221. The van der Waals surface area contributed by atoms with E-state index in [2.05, 4.69) is 10.1 Å². The first-order valence-electron chi connectivity index (χ1n) is 6.09. The molecular formula is C13H15FN2O5. The van der Waals surface area contributed by atoms with Crippen LogP contribution in [0.2, 0.25) is 0 Å². The van der Waals surface area contributed by atoms with Crippen LogP contribution in [0.25, 0.3) is 0 Å². The van der Waals surface area contributed by atoms with Gasteiger partial charge in [0, 0.05) is 6.54 Å². The molecule has 3 amide bonds. The van der Waals surface area contributed by atoms with E-state index in [1.54, 1.807) is 12.1 Å². The van der Waals surface area contributed by atoms with Crippen LogP contribution < -0.4 is 10.6 Å². The van der Waals surface area contributed by atoms with Gasteiger partial charge < -0.3 is 15.2 Å². The third-order valence-electron chi connectivity index (χ3n) is 2.30. The number of aliphatic carboxylic acids is 1. The molecule has 1 aromatic rings. The minimum Gasteiger partial charge on any atom is -0.480 e. The maximum Gasteiger partial charge on any atom is 0.329 e. The van der Waals surface area contributed by atoms with Crippen LogP contribution in [-0.4, -0.2) is 42.8 Å². The Labute approximate surface area is 120 Å². The SMILES string of the molecule is O=C(O)COCC(=O)NC(=O)NCCc1cccc(F)c1. The van der Waals surface area contributed by atoms with Gasteiger partial charge in [-0.1, -0.05) is 12.1 Å². The Hall–Kier alpha value is -2.48. The molecule has 0 radical (unpaired) electrons. The first-order chi connectivity index (χ1) is 9.97. The quantitative estimate of drug-likeness (QED) is 0.671. The van der Waals surface area contributed by atoms with Gasteiger partial charge in [0.1, 0.15) is 19.0 Å². The Balaban J connectivity index is 2.19. The molecule has 1 aromatic carbocycles. The second-order valence-electron chi connectivity index (χ2n) is 4.07. The number of hydrogen-bond donors (Lipinski definition) is 3. The number of hydrogen-bond acceptors (Lipinski definition) is 4. The van der Waals surface area contributed by atoms with Gasteiger partial charge in [0.25, 0.3) is 5.91 Å². The van der Waals surface area contributed by atoms with E-state index < -0.39 is 31.1 Å². The molecule has 8 heteroatoms. The highest BCUT2D eigenvalue weighted by molar-refractivity contribution is 5.94. The summed E-state index contributed by atoms with van der Waals surface area (Å²) in [4.78, 5) is 32.6. The summed E-state index contributed by atoms with van der Waals surface area (Å²) in [6.07, 6.45) is 0.412. The van der Waals surface area contributed by atoms with E-state index in [1.807, 2.05) is 5.32 Å². The maximum absolute atomic E-state index is 12.9. The topological polar surface area (TPSA) is 105 Å². The van der Waals surface area contributed by atoms with E-state index in [0.717, 1.165) is 0 Å². The summed E-state index contributed by atoms with van der Waals surface area (Å²) in [6.45, 7) is -0.920. The summed E-state index contributed by atoms with van der Waals surface area (Å²) in [6, 6.07) is 5.22. The predicted octanol–water partition coefficient (Wildman–Crippen LogP) is 0.295. The Kier molecular flexibility index (Phi) is 6.82. The lowest BCUT2D eigenvalue weighted by molar-refractivity contribution is -0.143. The van der Waals surface area contributed by atoms with Crippen molar-refractivity contribution in [3.8, 4) is 0 Å². The summed E-state index contributed by atoms with van der Waals surface area (Å²) in [5.41, 5.74) is 0.714. The van der Waals surface area contributed by atoms with E-state index in [4.69, 9.17) is 5.11 Å². The molecule has 0 aliphatic carbocycles. The van der Waals surface area contributed by atoms with Crippen LogP contribution in [0.1, 0.15) is 5.56 Å². The molecule has 7 nitrogen and oxygen atoms in total. The molecule has 114 valence electrons. The summed E-state index contributed by atoms with van der Waals surface area (Å²) < 4.78 is 17.4. The van der Waals surface area contributed by atoms with Crippen molar-refractivity contribution >= 4 is 17.9 Å². The van der Waals surface area contributed by atoms with Gasteiger partial charge in [0.15, 0.2) is 0 Å². The van der Waals surface area contributed by atoms with E-state index in [-0.39, 0.29) is 12.4 Å². The fourth-order valence-corrected chi connectivity index (χ4v) is 1.45. The number of urea groups is 1. The highest BCUT2D eigenvalue weighted by atomic mass is 19.1. The molecule has 0 aromatic heterocycles. The monoisotopic (exact) mass is 298 g/mol. The number of carbonyl (C=O) groups is 3. The third-order valence-corrected chi connectivity index (χ3v) is 2.30. The molecule has 1 rings (SSSR count). The van der Waals surface area contributed by atoms with Gasteiger partial charge in [-0.25, -0.2) is 14.0 Å². The number of ether oxygens (including phenoxy) is 1. The lowest BCUT2D eigenvalue weighted by atomic mass is 10.1. The Bertz CT molecular complexity index is 521. The minimum atomic E-state index is -1.21. The van der Waals surface area contributed by atoms with Crippen LogP contribution in [0.4, 0.5) is 9.18 Å². The number of rotatable bonds is 7. The number of carboxylic acids is 1. The molecule has 0 saturated carbocycles. The number of carbonyl (C=O) groups excluding carboxylic acids is 2. The maximum atomic E-state index is 12.9. The van der Waals surface area contributed by atoms with Gasteiger partial charge >= 0.3 is 12.0 Å². The van der Waals surface area contributed by atoms with Gasteiger partial charge in [0.2, 0.25) is 0 Å².